The van der Waals surface area contributed by atoms with Crippen LogP contribution < -0.4 is 11.1 Å². The first-order valence-electron chi connectivity index (χ1n) is 4.07. The maximum Gasteiger partial charge on any atom is 0.0931 e. The van der Waals surface area contributed by atoms with Crippen LogP contribution in [0.3, 0.4) is 0 Å². The smallest absolute Gasteiger partial charge is 0.0931 e. The molecule has 1 heterocycles. The summed E-state index contributed by atoms with van der Waals surface area (Å²) in [4.78, 5) is 1.18. The lowest BCUT2D eigenvalue weighted by atomic mass is 10.2. The molecule has 0 spiro atoms. The Labute approximate surface area is 87.4 Å². The Hall–Kier alpha value is -0.350. The third-order valence-electron chi connectivity index (χ3n) is 1.68. The number of hydrogen-bond donors (Lipinski definition) is 2. The van der Waals surface area contributed by atoms with E-state index in [1.54, 1.807) is 11.3 Å². The minimum absolute atomic E-state index is 0.190. The summed E-state index contributed by atoms with van der Waals surface area (Å²) in [5.74, 6) is 0. The van der Waals surface area contributed by atoms with Crippen molar-refractivity contribution in [2.24, 2.45) is 5.73 Å². The molecule has 1 aromatic heterocycles. The fourth-order valence-corrected chi connectivity index (χ4v) is 2.19. The van der Waals surface area contributed by atoms with Crippen LogP contribution in [0.4, 0.5) is 0 Å². The van der Waals surface area contributed by atoms with Gasteiger partial charge in [-0.15, -0.1) is 17.9 Å². The van der Waals surface area contributed by atoms with Gasteiger partial charge in [-0.1, -0.05) is 17.7 Å². The average Bonchev–Trinajstić information content (AvgIpc) is 2.54. The van der Waals surface area contributed by atoms with Crippen molar-refractivity contribution in [1.82, 2.24) is 5.32 Å². The van der Waals surface area contributed by atoms with E-state index in [9.17, 15) is 0 Å². The quantitative estimate of drug-likeness (QED) is 0.741. The molecule has 4 heteroatoms. The van der Waals surface area contributed by atoms with E-state index < -0.39 is 0 Å². The molecule has 1 aromatic rings. The van der Waals surface area contributed by atoms with Gasteiger partial charge >= 0.3 is 0 Å². The van der Waals surface area contributed by atoms with E-state index in [0.29, 0.717) is 6.54 Å². The zero-order valence-electron chi connectivity index (χ0n) is 7.29. The zero-order valence-corrected chi connectivity index (χ0v) is 8.87. The predicted octanol–water partition coefficient (Wildman–Crippen LogP) is 2.18. The molecule has 2 nitrogen and oxygen atoms in total. The maximum atomic E-state index is 5.83. The van der Waals surface area contributed by atoms with Gasteiger partial charge < -0.3 is 11.1 Å². The van der Waals surface area contributed by atoms with Gasteiger partial charge in [0.2, 0.25) is 0 Å². The maximum absolute atomic E-state index is 5.83. The second-order valence-corrected chi connectivity index (χ2v) is 4.37. The van der Waals surface area contributed by atoms with Gasteiger partial charge in [0, 0.05) is 18.0 Å². The van der Waals surface area contributed by atoms with E-state index in [1.165, 1.54) is 4.88 Å². The third kappa shape index (κ3) is 3.12. The molecule has 1 atom stereocenters. The number of nitrogens with two attached hydrogens (primary N) is 1. The Morgan fingerprint density at radius 2 is 2.46 bits per heavy atom. The molecule has 1 unspecified atom stereocenters. The van der Waals surface area contributed by atoms with E-state index in [1.807, 2.05) is 18.2 Å². The lowest BCUT2D eigenvalue weighted by Gasteiger charge is -2.13. The number of nitrogens with one attached hydrogen (secondary N) is 1. The standard InChI is InChI=1S/C9H13ClN2S/c1-2-5-12-7(6-11)8-3-4-9(10)13-8/h2-4,7,12H,1,5-6,11H2. The highest BCUT2D eigenvalue weighted by molar-refractivity contribution is 7.16. The number of thiophene rings is 1. The first kappa shape index (κ1) is 10.7. The van der Waals surface area contributed by atoms with Crippen molar-refractivity contribution in [2.45, 2.75) is 6.04 Å². The fourth-order valence-electron chi connectivity index (χ4n) is 1.04. The molecule has 0 fully saturated rings. The summed E-state index contributed by atoms with van der Waals surface area (Å²) < 4.78 is 0.800. The molecule has 13 heavy (non-hydrogen) atoms. The molecule has 0 aromatic carbocycles. The monoisotopic (exact) mass is 216 g/mol. The first-order chi connectivity index (χ1) is 6.27. The van der Waals surface area contributed by atoms with Crippen molar-refractivity contribution in [1.29, 1.82) is 0 Å². The van der Waals surface area contributed by atoms with Crippen LogP contribution in [0.1, 0.15) is 10.9 Å². The second-order valence-electron chi connectivity index (χ2n) is 2.63. The second kappa shape index (κ2) is 5.40. The molecule has 72 valence electrons. The van der Waals surface area contributed by atoms with Gasteiger partial charge in [-0.3, -0.25) is 0 Å². The van der Waals surface area contributed by atoms with Crippen molar-refractivity contribution < 1.29 is 0 Å². The normalized spacial score (nSPS) is 12.8. The highest BCUT2D eigenvalue weighted by atomic mass is 35.5. The highest BCUT2D eigenvalue weighted by Gasteiger charge is 2.09. The molecule has 0 aliphatic carbocycles. The van der Waals surface area contributed by atoms with E-state index in [-0.39, 0.29) is 6.04 Å². The molecule has 3 N–H and O–H groups in total. The average molecular weight is 217 g/mol. The van der Waals surface area contributed by atoms with Crippen LogP contribution in [-0.2, 0) is 0 Å². The summed E-state index contributed by atoms with van der Waals surface area (Å²) in [5.41, 5.74) is 5.62. The molecule has 1 rings (SSSR count). The van der Waals surface area contributed by atoms with Gasteiger partial charge in [-0.2, -0.15) is 0 Å². The first-order valence-corrected chi connectivity index (χ1v) is 5.27. The third-order valence-corrected chi connectivity index (χ3v) is 3.03. The Balaban J connectivity index is 2.60. The van der Waals surface area contributed by atoms with E-state index in [0.717, 1.165) is 10.9 Å². The molecule has 0 aliphatic heterocycles. The van der Waals surface area contributed by atoms with Gasteiger partial charge in [0.1, 0.15) is 0 Å². The highest BCUT2D eigenvalue weighted by Crippen LogP contribution is 2.26. The summed E-state index contributed by atoms with van der Waals surface area (Å²) in [7, 11) is 0. The molecular formula is C9H13ClN2S. The van der Waals surface area contributed by atoms with Gasteiger partial charge in [0.25, 0.3) is 0 Å². The molecule has 0 bridgehead atoms. The van der Waals surface area contributed by atoms with Crippen LogP contribution in [-0.4, -0.2) is 13.1 Å². The van der Waals surface area contributed by atoms with Crippen LogP contribution in [0.2, 0.25) is 4.34 Å². The zero-order chi connectivity index (χ0) is 9.68. The Kier molecular flexibility index (Phi) is 4.45. The molecule has 0 saturated carbocycles. The van der Waals surface area contributed by atoms with Crippen molar-refractivity contribution in [3.63, 3.8) is 0 Å². The summed E-state index contributed by atoms with van der Waals surface area (Å²) >= 11 is 7.38. The minimum atomic E-state index is 0.190. The molecule has 0 amide bonds. The molecule has 0 radical (unpaired) electrons. The lowest BCUT2D eigenvalue weighted by Crippen LogP contribution is -2.27. The van der Waals surface area contributed by atoms with Crippen LogP contribution in [0.5, 0.6) is 0 Å². The van der Waals surface area contributed by atoms with Crippen molar-refractivity contribution >= 4 is 22.9 Å². The van der Waals surface area contributed by atoms with Crippen molar-refractivity contribution in [3.8, 4) is 0 Å². The fraction of sp³-hybridized carbons (Fsp3) is 0.333. The van der Waals surface area contributed by atoms with Gasteiger partial charge in [0.15, 0.2) is 0 Å². The lowest BCUT2D eigenvalue weighted by molar-refractivity contribution is 0.587. The topological polar surface area (TPSA) is 38.0 Å². The molecular weight excluding hydrogens is 204 g/mol. The Morgan fingerprint density at radius 3 is 2.92 bits per heavy atom. The summed E-state index contributed by atoms with van der Waals surface area (Å²) in [6, 6.07) is 4.08. The summed E-state index contributed by atoms with van der Waals surface area (Å²) in [6.07, 6.45) is 1.82. The van der Waals surface area contributed by atoms with Crippen LogP contribution in [0.25, 0.3) is 0 Å². The summed E-state index contributed by atoms with van der Waals surface area (Å²) in [6.45, 7) is 4.98. The van der Waals surface area contributed by atoms with Crippen LogP contribution in [0.15, 0.2) is 24.8 Å². The van der Waals surface area contributed by atoms with E-state index in [4.69, 9.17) is 17.3 Å². The van der Waals surface area contributed by atoms with Gasteiger partial charge in [-0.25, -0.2) is 0 Å². The predicted molar refractivity (Wildman–Crippen MR) is 59.3 cm³/mol. The van der Waals surface area contributed by atoms with E-state index in [2.05, 4.69) is 11.9 Å². The Bertz CT molecular complexity index is 272. The molecule has 0 saturated heterocycles. The van der Waals surface area contributed by atoms with Crippen LogP contribution >= 0.6 is 22.9 Å². The van der Waals surface area contributed by atoms with Gasteiger partial charge in [0.05, 0.1) is 10.4 Å². The van der Waals surface area contributed by atoms with Crippen molar-refractivity contribution in [3.05, 3.63) is 34.0 Å². The van der Waals surface area contributed by atoms with E-state index >= 15 is 0 Å². The van der Waals surface area contributed by atoms with Gasteiger partial charge in [-0.05, 0) is 12.1 Å². The number of rotatable bonds is 5. The Morgan fingerprint density at radius 1 is 1.69 bits per heavy atom. The summed E-state index contributed by atoms with van der Waals surface area (Å²) in [5, 5.41) is 3.26. The largest absolute Gasteiger partial charge is 0.329 e. The SMILES string of the molecule is C=CCNC(CN)c1ccc(Cl)s1. The number of halogens is 1. The molecule has 0 aliphatic rings. The minimum Gasteiger partial charge on any atom is -0.329 e. The number of hydrogen-bond acceptors (Lipinski definition) is 3. The van der Waals surface area contributed by atoms with Crippen molar-refractivity contribution in [2.75, 3.05) is 13.1 Å². The van der Waals surface area contributed by atoms with Crippen LogP contribution in [0, 0.1) is 0 Å².